The first-order valence-corrected chi connectivity index (χ1v) is 7.06. The Hall–Kier alpha value is -0.170. The van der Waals surface area contributed by atoms with E-state index in [-0.39, 0.29) is 17.6 Å². The van der Waals surface area contributed by atoms with Gasteiger partial charge < -0.3 is 14.8 Å². The van der Waals surface area contributed by atoms with Crippen LogP contribution in [-0.2, 0) is 19.3 Å². The molecule has 0 saturated carbocycles. The maximum atomic E-state index is 11.2. The van der Waals surface area contributed by atoms with Crippen LogP contribution >= 0.6 is 0 Å². The molecular formula is C9H19NO4S. The van der Waals surface area contributed by atoms with Gasteiger partial charge in [-0.1, -0.05) is 6.92 Å². The van der Waals surface area contributed by atoms with Crippen LogP contribution in [0.15, 0.2) is 0 Å². The van der Waals surface area contributed by atoms with Gasteiger partial charge in [0.1, 0.15) is 6.79 Å². The highest BCUT2D eigenvalue weighted by Gasteiger charge is 2.13. The Morgan fingerprint density at radius 3 is 2.87 bits per heavy atom. The standard InChI is InChI=1S/C9H19NO4S/c1-2-15(11,12)6-4-10-7-9-3-5-13-8-14-9/h9-10H,2-8H2,1H3. The topological polar surface area (TPSA) is 64.6 Å². The van der Waals surface area contributed by atoms with Gasteiger partial charge in [-0.05, 0) is 6.42 Å². The molecule has 1 aliphatic rings. The number of hydrogen-bond acceptors (Lipinski definition) is 5. The van der Waals surface area contributed by atoms with E-state index in [2.05, 4.69) is 5.32 Å². The minimum atomic E-state index is -2.85. The molecule has 0 bridgehead atoms. The lowest BCUT2D eigenvalue weighted by Gasteiger charge is -2.22. The smallest absolute Gasteiger partial charge is 0.151 e. The van der Waals surface area contributed by atoms with Crippen LogP contribution in [0.4, 0.5) is 0 Å². The molecule has 0 aromatic rings. The highest BCUT2D eigenvalue weighted by atomic mass is 32.2. The zero-order valence-corrected chi connectivity index (χ0v) is 9.88. The second-order valence-electron chi connectivity index (χ2n) is 3.54. The van der Waals surface area contributed by atoms with Gasteiger partial charge in [0.2, 0.25) is 0 Å². The molecule has 90 valence electrons. The van der Waals surface area contributed by atoms with Crippen LogP contribution in [0, 0.1) is 0 Å². The summed E-state index contributed by atoms with van der Waals surface area (Å²) in [6.07, 6.45) is 1.02. The molecule has 1 saturated heterocycles. The molecule has 6 heteroatoms. The summed E-state index contributed by atoms with van der Waals surface area (Å²) >= 11 is 0. The molecule has 1 unspecified atom stereocenters. The Morgan fingerprint density at radius 1 is 1.47 bits per heavy atom. The SMILES string of the molecule is CCS(=O)(=O)CCNCC1CCOCO1. The molecule has 1 aliphatic heterocycles. The second kappa shape index (κ2) is 6.42. The molecule has 0 radical (unpaired) electrons. The van der Waals surface area contributed by atoms with Crippen molar-refractivity contribution in [1.82, 2.24) is 5.32 Å². The second-order valence-corrected chi connectivity index (χ2v) is 6.02. The number of nitrogens with one attached hydrogen (secondary N) is 1. The predicted molar refractivity (Wildman–Crippen MR) is 57.5 cm³/mol. The molecule has 5 nitrogen and oxygen atoms in total. The Bertz CT molecular complexity index is 259. The molecule has 0 spiro atoms. The molecule has 0 aromatic carbocycles. The third-order valence-electron chi connectivity index (χ3n) is 2.37. The van der Waals surface area contributed by atoms with E-state index in [1.165, 1.54) is 0 Å². The van der Waals surface area contributed by atoms with Crippen LogP contribution in [0.1, 0.15) is 13.3 Å². The molecular weight excluding hydrogens is 218 g/mol. The summed E-state index contributed by atoms with van der Waals surface area (Å²) in [5.41, 5.74) is 0. The Balaban J connectivity index is 2.06. The largest absolute Gasteiger partial charge is 0.355 e. The average molecular weight is 237 g/mol. The van der Waals surface area contributed by atoms with E-state index in [1.807, 2.05) is 0 Å². The molecule has 1 fully saturated rings. The first kappa shape index (κ1) is 12.9. The van der Waals surface area contributed by atoms with Crippen LogP contribution in [-0.4, -0.2) is 52.5 Å². The van der Waals surface area contributed by atoms with E-state index in [4.69, 9.17) is 9.47 Å². The van der Waals surface area contributed by atoms with Crippen LogP contribution in [0.5, 0.6) is 0 Å². The van der Waals surface area contributed by atoms with Crippen molar-refractivity contribution >= 4 is 9.84 Å². The Morgan fingerprint density at radius 2 is 2.27 bits per heavy atom. The fourth-order valence-electron chi connectivity index (χ4n) is 1.30. The van der Waals surface area contributed by atoms with Gasteiger partial charge in [0.15, 0.2) is 9.84 Å². The van der Waals surface area contributed by atoms with Crippen molar-refractivity contribution in [1.29, 1.82) is 0 Å². The van der Waals surface area contributed by atoms with Gasteiger partial charge in [-0.2, -0.15) is 0 Å². The van der Waals surface area contributed by atoms with Gasteiger partial charge in [0.25, 0.3) is 0 Å². The molecule has 0 aromatic heterocycles. The van der Waals surface area contributed by atoms with Crippen molar-refractivity contribution in [3.63, 3.8) is 0 Å². The van der Waals surface area contributed by atoms with E-state index in [1.54, 1.807) is 6.92 Å². The van der Waals surface area contributed by atoms with E-state index in [0.29, 0.717) is 19.9 Å². The van der Waals surface area contributed by atoms with Gasteiger partial charge in [0.05, 0.1) is 18.5 Å². The van der Waals surface area contributed by atoms with Crippen molar-refractivity contribution in [3.05, 3.63) is 0 Å². The van der Waals surface area contributed by atoms with Crippen molar-refractivity contribution in [2.45, 2.75) is 19.4 Å². The van der Waals surface area contributed by atoms with E-state index < -0.39 is 9.84 Å². The van der Waals surface area contributed by atoms with Gasteiger partial charge in [0, 0.05) is 18.8 Å². The minimum absolute atomic E-state index is 0.156. The van der Waals surface area contributed by atoms with Gasteiger partial charge in [-0.15, -0.1) is 0 Å². The quantitative estimate of drug-likeness (QED) is 0.647. The van der Waals surface area contributed by atoms with E-state index >= 15 is 0 Å². The van der Waals surface area contributed by atoms with Crippen molar-refractivity contribution < 1.29 is 17.9 Å². The molecule has 0 aliphatic carbocycles. The lowest BCUT2D eigenvalue weighted by Crippen LogP contribution is -2.36. The maximum Gasteiger partial charge on any atom is 0.151 e. The van der Waals surface area contributed by atoms with Gasteiger partial charge in [-0.3, -0.25) is 0 Å². The average Bonchev–Trinajstić information content (AvgIpc) is 2.26. The number of hydrogen-bond donors (Lipinski definition) is 1. The summed E-state index contributed by atoms with van der Waals surface area (Å²) in [5.74, 6) is 0.412. The third-order valence-corrected chi connectivity index (χ3v) is 4.08. The summed E-state index contributed by atoms with van der Waals surface area (Å²) in [6, 6.07) is 0. The molecule has 1 heterocycles. The lowest BCUT2D eigenvalue weighted by atomic mass is 10.2. The summed E-state index contributed by atoms with van der Waals surface area (Å²) in [5, 5.41) is 3.09. The van der Waals surface area contributed by atoms with E-state index in [9.17, 15) is 8.42 Å². The van der Waals surface area contributed by atoms with Gasteiger partial charge in [-0.25, -0.2) is 8.42 Å². The highest BCUT2D eigenvalue weighted by molar-refractivity contribution is 7.91. The number of sulfone groups is 1. The van der Waals surface area contributed by atoms with Crippen molar-refractivity contribution in [2.75, 3.05) is 38.0 Å². The van der Waals surface area contributed by atoms with Crippen LogP contribution in [0.2, 0.25) is 0 Å². The highest BCUT2D eigenvalue weighted by Crippen LogP contribution is 2.04. The van der Waals surface area contributed by atoms with Crippen LogP contribution < -0.4 is 5.32 Å². The molecule has 1 rings (SSSR count). The Kier molecular flexibility index (Phi) is 5.52. The third kappa shape index (κ3) is 5.46. The van der Waals surface area contributed by atoms with Gasteiger partial charge >= 0.3 is 0 Å². The Labute approximate surface area is 91.1 Å². The molecule has 1 N–H and O–H groups in total. The summed E-state index contributed by atoms with van der Waals surface area (Å²) in [4.78, 5) is 0. The first-order chi connectivity index (χ1) is 7.14. The molecule has 0 amide bonds. The zero-order valence-electron chi connectivity index (χ0n) is 9.07. The summed E-state index contributed by atoms with van der Waals surface area (Å²) in [7, 11) is -2.85. The number of ether oxygens (including phenoxy) is 2. The normalized spacial score (nSPS) is 22.9. The van der Waals surface area contributed by atoms with Crippen molar-refractivity contribution in [3.8, 4) is 0 Å². The molecule has 1 atom stereocenters. The minimum Gasteiger partial charge on any atom is -0.355 e. The van der Waals surface area contributed by atoms with E-state index in [0.717, 1.165) is 13.0 Å². The van der Waals surface area contributed by atoms with Crippen LogP contribution in [0.25, 0.3) is 0 Å². The summed E-state index contributed by atoms with van der Waals surface area (Å²) in [6.45, 7) is 3.93. The summed E-state index contributed by atoms with van der Waals surface area (Å²) < 4.78 is 32.7. The van der Waals surface area contributed by atoms with Crippen molar-refractivity contribution in [2.24, 2.45) is 0 Å². The fourth-order valence-corrected chi connectivity index (χ4v) is 2.04. The predicted octanol–water partition coefficient (Wildman–Crippen LogP) is -0.226. The zero-order chi connectivity index (χ0) is 11.1. The number of rotatable bonds is 6. The maximum absolute atomic E-state index is 11.2. The molecule has 15 heavy (non-hydrogen) atoms. The fraction of sp³-hybridized carbons (Fsp3) is 1.00. The first-order valence-electron chi connectivity index (χ1n) is 5.24. The monoisotopic (exact) mass is 237 g/mol. The van der Waals surface area contributed by atoms with Crippen LogP contribution in [0.3, 0.4) is 0 Å². The lowest BCUT2D eigenvalue weighted by molar-refractivity contribution is -0.137.